The van der Waals surface area contributed by atoms with Crippen molar-refractivity contribution in [3.63, 3.8) is 0 Å². The van der Waals surface area contributed by atoms with Gasteiger partial charge in [0.2, 0.25) is 5.91 Å². The first-order chi connectivity index (χ1) is 8.77. The van der Waals surface area contributed by atoms with E-state index >= 15 is 0 Å². The summed E-state index contributed by atoms with van der Waals surface area (Å²) in [5.41, 5.74) is 0. The summed E-state index contributed by atoms with van der Waals surface area (Å²) in [5, 5.41) is 3.24. The molecule has 0 radical (unpaired) electrons. The average Bonchev–Trinajstić information content (AvgIpc) is 2.92. The second kappa shape index (κ2) is 6.51. The van der Waals surface area contributed by atoms with Gasteiger partial charge in [0.15, 0.2) is 0 Å². The smallest absolute Gasteiger partial charge is 0.239 e. The van der Waals surface area contributed by atoms with Crippen LogP contribution in [0.2, 0.25) is 0 Å². The molecule has 1 fully saturated rings. The van der Waals surface area contributed by atoms with Gasteiger partial charge in [-0.15, -0.1) is 0 Å². The Bertz CT molecular complexity index is 360. The number of amides is 1. The topological polar surface area (TPSA) is 59.4 Å². The number of rotatable bonds is 5. The zero-order valence-electron chi connectivity index (χ0n) is 10.7. The van der Waals surface area contributed by atoms with Crippen LogP contribution in [0.5, 0.6) is 0 Å². The lowest BCUT2D eigenvalue weighted by molar-refractivity contribution is -0.137. The highest BCUT2D eigenvalue weighted by Gasteiger charge is 2.21. The molecule has 2 heterocycles. The van der Waals surface area contributed by atoms with Crippen LogP contribution >= 0.6 is 0 Å². The van der Waals surface area contributed by atoms with Crippen LogP contribution in [-0.4, -0.2) is 59.2 Å². The summed E-state index contributed by atoms with van der Waals surface area (Å²) in [6.45, 7) is 6.18. The van der Waals surface area contributed by atoms with Crippen molar-refractivity contribution in [2.45, 2.75) is 19.5 Å². The highest BCUT2D eigenvalue weighted by Crippen LogP contribution is 2.00. The predicted octanol–water partition coefficient (Wildman–Crippen LogP) is -0.280. The maximum atomic E-state index is 12.1. The molecule has 1 aromatic heterocycles. The van der Waals surface area contributed by atoms with Gasteiger partial charge in [-0.1, -0.05) is 0 Å². The Hall–Kier alpha value is -1.40. The van der Waals surface area contributed by atoms with Crippen LogP contribution < -0.4 is 5.32 Å². The van der Waals surface area contributed by atoms with Crippen molar-refractivity contribution >= 4 is 5.91 Å². The second-order valence-corrected chi connectivity index (χ2v) is 4.41. The molecular weight excluding hydrogens is 232 g/mol. The number of nitrogens with zero attached hydrogens (tertiary/aromatic N) is 3. The summed E-state index contributed by atoms with van der Waals surface area (Å²) < 4.78 is 7.22. The predicted molar refractivity (Wildman–Crippen MR) is 67.1 cm³/mol. The van der Waals surface area contributed by atoms with Gasteiger partial charge in [-0.05, 0) is 6.92 Å². The summed E-state index contributed by atoms with van der Waals surface area (Å²) in [6.07, 6.45) is 5.44. The number of ether oxygens (including phenoxy) is 1. The van der Waals surface area contributed by atoms with E-state index in [0.29, 0.717) is 26.3 Å². The van der Waals surface area contributed by atoms with Crippen LogP contribution in [-0.2, 0) is 16.1 Å². The number of aromatic nitrogens is 2. The van der Waals surface area contributed by atoms with Crippen molar-refractivity contribution in [2.24, 2.45) is 0 Å². The van der Waals surface area contributed by atoms with Gasteiger partial charge in [-0.3, -0.25) is 4.79 Å². The summed E-state index contributed by atoms with van der Waals surface area (Å²) in [6, 6.07) is -0.147. The first kappa shape index (κ1) is 13.0. The van der Waals surface area contributed by atoms with Crippen LogP contribution in [0.15, 0.2) is 18.7 Å². The van der Waals surface area contributed by atoms with Gasteiger partial charge in [0.05, 0.1) is 25.6 Å². The summed E-state index contributed by atoms with van der Waals surface area (Å²) in [4.78, 5) is 17.9. The average molecular weight is 252 g/mol. The molecule has 0 aromatic carbocycles. The van der Waals surface area contributed by atoms with E-state index < -0.39 is 0 Å². The number of hydrogen-bond donors (Lipinski definition) is 1. The molecule has 1 aromatic rings. The van der Waals surface area contributed by atoms with Gasteiger partial charge >= 0.3 is 0 Å². The molecule has 2 rings (SSSR count). The Kier molecular flexibility index (Phi) is 4.72. The third-order valence-electron chi connectivity index (χ3n) is 3.07. The van der Waals surface area contributed by atoms with Gasteiger partial charge < -0.3 is 19.5 Å². The molecule has 1 amide bonds. The number of imidazole rings is 1. The van der Waals surface area contributed by atoms with Gasteiger partial charge in [-0.2, -0.15) is 0 Å². The van der Waals surface area contributed by atoms with Gasteiger partial charge in [-0.25, -0.2) is 4.98 Å². The quantitative estimate of drug-likeness (QED) is 0.783. The lowest BCUT2D eigenvalue weighted by Crippen LogP contribution is -2.49. The Balaban J connectivity index is 1.70. The highest BCUT2D eigenvalue weighted by molar-refractivity contribution is 5.81. The van der Waals surface area contributed by atoms with E-state index in [0.717, 1.165) is 13.1 Å². The molecule has 100 valence electrons. The zero-order chi connectivity index (χ0) is 12.8. The first-order valence-corrected chi connectivity index (χ1v) is 6.33. The Morgan fingerprint density at radius 1 is 1.50 bits per heavy atom. The van der Waals surface area contributed by atoms with Crippen molar-refractivity contribution < 1.29 is 9.53 Å². The van der Waals surface area contributed by atoms with E-state index in [4.69, 9.17) is 4.74 Å². The van der Waals surface area contributed by atoms with E-state index in [1.54, 1.807) is 12.5 Å². The molecule has 0 spiro atoms. The van der Waals surface area contributed by atoms with Crippen LogP contribution in [0.3, 0.4) is 0 Å². The van der Waals surface area contributed by atoms with Gasteiger partial charge in [0.1, 0.15) is 0 Å². The summed E-state index contributed by atoms with van der Waals surface area (Å²) in [5.74, 6) is 0.156. The fourth-order valence-corrected chi connectivity index (χ4v) is 1.97. The molecule has 1 saturated heterocycles. The van der Waals surface area contributed by atoms with Gasteiger partial charge in [0.25, 0.3) is 0 Å². The molecule has 1 aliphatic rings. The minimum atomic E-state index is -0.147. The van der Waals surface area contributed by atoms with Crippen molar-refractivity contribution in [2.75, 3.05) is 32.8 Å². The molecule has 0 bridgehead atoms. The van der Waals surface area contributed by atoms with E-state index in [9.17, 15) is 4.79 Å². The summed E-state index contributed by atoms with van der Waals surface area (Å²) in [7, 11) is 0. The van der Waals surface area contributed by atoms with Crippen molar-refractivity contribution in [3.8, 4) is 0 Å². The molecule has 1 unspecified atom stereocenters. The Morgan fingerprint density at radius 2 is 2.28 bits per heavy atom. The van der Waals surface area contributed by atoms with E-state index in [1.807, 2.05) is 22.6 Å². The standard InChI is InChI=1S/C12H20N4O2/c1-11(12(17)16-6-8-18-9-7-16)14-3-5-15-4-2-13-10-15/h2,4,10-11,14H,3,5-9H2,1H3. The minimum Gasteiger partial charge on any atom is -0.378 e. The number of carbonyl (C=O) groups is 1. The van der Waals surface area contributed by atoms with Crippen molar-refractivity contribution in [1.82, 2.24) is 19.8 Å². The fourth-order valence-electron chi connectivity index (χ4n) is 1.97. The first-order valence-electron chi connectivity index (χ1n) is 6.33. The molecule has 0 saturated carbocycles. The van der Waals surface area contributed by atoms with Crippen molar-refractivity contribution in [1.29, 1.82) is 0 Å². The zero-order valence-corrected chi connectivity index (χ0v) is 10.7. The molecule has 1 N–H and O–H groups in total. The molecule has 1 atom stereocenters. The van der Waals surface area contributed by atoms with E-state index in [1.165, 1.54) is 0 Å². The Morgan fingerprint density at radius 3 is 2.94 bits per heavy atom. The van der Waals surface area contributed by atoms with Crippen LogP contribution in [0, 0.1) is 0 Å². The second-order valence-electron chi connectivity index (χ2n) is 4.41. The minimum absolute atomic E-state index is 0.147. The molecule has 1 aliphatic heterocycles. The van der Waals surface area contributed by atoms with Crippen LogP contribution in [0.4, 0.5) is 0 Å². The molecular formula is C12H20N4O2. The fraction of sp³-hybridized carbons (Fsp3) is 0.667. The van der Waals surface area contributed by atoms with E-state index in [-0.39, 0.29) is 11.9 Å². The van der Waals surface area contributed by atoms with Gasteiger partial charge in [0, 0.05) is 38.6 Å². The van der Waals surface area contributed by atoms with Crippen LogP contribution in [0.1, 0.15) is 6.92 Å². The maximum absolute atomic E-state index is 12.1. The third kappa shape index (κ3) is 3.54. The monoisotopic (exact) mass is 252 g/mol. The largest absolute Gasteiger partial charge is 0.378 e. The maximum Gasteiger partial charge on any atom is 0.239 e. The SMILES string of the molecule is CC(NCCn1ccnc1)C(=O)N1CCOCC1. The molecule has 6 nitrogen and oxygen atoms in total. The number of nitrogens with one attached hydrogen (secondary N) is 1. The van der Waals surface area contributed by atoms with Crippen LogP contribution in [0.25, 0.3) is 0 Å². The highest BCUT2D eigenvalue weighted by atomic mass is 16.5. The van der Waals surface area contributed by atoms with Crippen molar-refractivity contribution in [3.05, 3.63) is 18.7 Å². The number of morpholine rings is 1. The lowest BCUT2D eigenvalue weighted by atomic mass is 10.2. The molecule has 0 aliphatic carbocycles. The molecule has 6 heteroatoms. The lowest BCUT2D eigenvalue weighted by Gasteiger charge is -2.29. The Labute approximate surface area is 107 Å². The summed E-state index contributed by atoms with van der Waals surface area (Å²) >= 11 is 0. The third-order valence-corrected chi connectivity index (χ3v) is 3.07. The number of carbonyl (C=O) groups excluding carboxylic acids is 1. The number of hydrogen-bond acceptors (Lipinski definition) is 4. The molecule has 18 heavy (non-hydrogen) atoms. The normalized spacial score (nSPS) is 17.7. The van der Waals surface area contributed by atoms with E-state index in [2.05, 4.69) is 10.3 Å².